The van der Waals surface area contributed by atoms with Gasteiger partial charge in [-0.15, -0.1) is 11.6 Å². The molecule has 19 heavy (non-hydrogen) atoms. The molecule has 1 rings (SSSR count). The van der Waals surface area contributed by atoms with Crippen LogP contribution in [-0.2, 0) is 4.79 Å². The van der Waals surface area contributed by atoms with E-state index in [1.807, 2.05) is 0 Å². The summed E-state index contributed by atoms with van der Waals surface area (Å²) in [5.41, 5.74) is 0.549. The average Bonchev–Trinajstić information content (AvgIpc) is 2.35. The molecule has 1 aromatic carbocycles. The Kier molecular flexibility index (Phi) is 5.95. The van der Waals surface area contributed by atoms with Crippen LogP contribution >= 0.6 is 11.6 Å². The molecule has 1 amide bonds. The van der Waals surface area contributed by atoms with E-state index in [-0.39, 0.29) is 24.8 Å². The van der Waals surface area contributed by atoms with Gasteiger partial charge >= 0.3 is 6.18 Å². The number of hydrogen-bond acceptors (Lipinski definition) is 2. The quantitative estimate of drug-likeness (QED) is 0.643. The molecule has 0 bridgehead atoms. The maximum atomic E-state index is 11.9. The van der Waals surface area contributed by atoms with Crippen LogP contribution in [0.15, 0.2) is 24.3 Å². The fourth-order valence-electron chi connectivity index (χ4n) is 1.29. The maximum Gasteiger partial charge on any atom is 0.389 e. The van der Waals surface area contributed by atoms with Gasteiger partial charge in [-0.25, -0.2) is 0 Å². The summed E-state index contributed by atoms with van der Waals surface area (Å²) in [5, 5.41) is 2.53. The Bertz CT molecular complexity index is 406. The van der Waals surface area contributed by atoms with Gasteiger partial charge in [-0.05, 0) is 30.7 Å². The first kappa shape index (κ1) is 15.6. The molecule has 3 nitrogen and oxygen atoms in total. The van der Waals surface area contributed by atoms with Gasteiger partial charge in [-0.3, -0.25) is 4.79 Å². The van der Waals surface area contributed by atoms with Crippen molar-refractivity contribution in [2.45, 2.75) is 19.0 Å². The van der Waals surface area contributed by atoms with Crippen LogP contribution in [0, 0.1) is 0 Å². The summed E-state index contributed by atoms with van der Waals surface area (Å²) in [4.78, 5) is 11.0. The van der Waals surface area contributed by atoms with Gasteiger partial charge in [0.1, 0.15) is 11.6 Å². The van der Waals surface area contributed by atoms with E-state index in [1.165, 1.54) is 0 Å². The van der Waals surface area contributed by atoms with E-state index in [4.69, 9.17) is 16.3 Å². The van der Waals surface area contributed by atoms with Crippen molar-refractivity contribution in [2.75, 3.05) is 17.8 Å². The van der Waals surface area contributed by atoms with Crippen molar-refractivity contribution in [2.24, 2.45) is 0 Å². The minimum atomic E-state index is -4.15. The SMILES string of the molecule is O=C(CCl)Nc1ccc(OCCCC(F)(F)F)cc1. The fraction of sp³-hybridized carbons (Fsp3) is 0.417. The highest BCUT2D eigenvalue weighted by atomic mass is 35.5. The van der Waals surface area contributed by atoms with Crippen molar-refractivity contribution in [3.63, 3.8) is 0 Å². The third-order valence-corrected chi connectivity index (χ3v) is 2.38. The minimum Gasteiger partial charge on any atom is -0.494 e. The first-order valence-electron chi connectivity index (χ1n) is 5.56. The summed E-state index contributed by atoms with van der Waals surface area (Å²) in [7, 11) is 0. The van der Waals surface area contributed by atoms with Gasteiger partial charge in [0.15, 0.2) is 0 Å². The van der Waals surface area contributed by atoms with Crippen LogP contribution in [0.3, 0.4) is 0 Å². The highest BCUT2D eigenvalue weighted by molar-refractivity contribution is 6.29. The Hall–Kier alpha value is -1.43. The summed E-state index contributed by atoms with van der Waals surface area (Å²) < 4.78 is 40.8. The summed E-state index contributed by atoms with van der Waals surface area (Å²) in [6, 6.07) is 6.31. The third kappa shape index (κ3) is 6.91. The Balaban J connectivity index is 2.34. The molecule has 0 atom stereocenters. The number of rotatable bonds is 6. The van der Waals surface area contributed by atoms with Crippen molar-refractivity contribution in [3.8, 4) is 5.75 Å². The monoisotopic (exact) mass is 295 g/mol. The van der Waals surface area contributed by atoms with Crippen molar-refractivity contribution < 1.29 is 22.7 Å². The number of nitrogens with one attached hydrogen (secondary N) is 1. The molecule has 0 saturated heterocycles. The highest BCUT2D eigenvalue weighted by Crippen LogP contribution is 2.22. The van der Waals surface area contributed by atoms with E-state index in [0.29, 0.717) is 11.4 Å². The van der Waals surface area contributed by atoms with Crippen LogP contribution in [0.1, 0.15) is 12.8 Å². The lowest BCUT2D eigenvalue weighted by Gasteiger charge is -2.09. The molecule has 106 valence electrons. The summed E-state index contributed by atoms with van der Waals surface area (Å²) >= 11 is 5.33. The second kappa shape index (κ2) is 7.23. The third-order valence-electron chi connectivity index (χ3n) is 2.13. The summed E-state index contributed by atoms with van der Waals surface area (Å²) in [5.74, 6) is -0.0260. The van der Waals surface area contributed by atoms with E-state index in [2.05, 4.69) is 5.32 Å². The van der Waals surface area contributed by atoms with Crippen LogP contribution in [0.25, 0.3) is 0 Å². The Morgan fingerprint density at radius 3 is 2.42 bits per heavy atom. The van der Waals surface area contributed by atoms with Gasteiger partial charge in [0, 0.05) is 12.1 Å². The number of ether oxygens (including phenoxy) is 1. The lowest BCUT2D eigenvalue weighted by Crippen LogP contribution is -2.12. The molecule has 0 unspecified atom stereocenters. The van der Waals surface area contributed by atoms with Crippen LogP contribution in [0.4, 0.5) is 18.9 Å². The van der Waals surface area contributed by atoms with E-state index in [9.17, 15) is 18.0 Å². The molecule has 7 heteroatoms. The van der Waals surface area contributed by atoms with Crippen LogP contribution in [0.2, 0.25) is 0 Å². The molecule has 0 aromatic heterocycles. The standard InChI is InChI=1S/C12H13ClF3NO2/c13-8-11(18)17-9-2-4-10(5-3-9)19-7-1-6-12(14,15)16/h2-5H,1,6-8H2,(H,17,18). The second-order valence-corrected chi connectivity index (χ2v) is 4.04. The lowest BCUT2D eigenvalue weighted by molar-refractivity contribution is -0.136. The molecule has 0 heterocycles. The molecule has 0 aliphatic rings. The number of carbonyl (C=O) groups excluding carboxylic acids is 1. The van der Waals surface area contributed by atoms with Crippen molar-refractivity contribution in [1.82, 2.24) is 0 Å². The predicted octanol–water partition coefficient (Wildman–Crippen LogP) is 3.59. The zero-order valence-corrected chi connectivity index (χ0v) is 10.7. The van der Waals surface area contributed by atoms with Crippen molar-refractivity contribution in [3.05, 3.63) is 24.3 Å². The zero-order valence-electron chi connectivity index (χ0n) is 9.97. The van der Waals surface area contributed by atoms with Gasteiger partial charge in [-0.2, -0.15) is 13.2 Å². The number of benzene rings is 1. The largest absolute Gasteiger partial charge is 0.494 e. The molecule has 1 N–H and O–H groups in total. The Morgan fingerprint density at radius 1 is 1.26 bits per heavy atom. The Labute approximate surface area is 113 Å². The molecule has 0 aliphatic heterocycles. The molecular weight excluding hydrogens is 283 g/mol. The molecule has 1 aromatic rings. The first-order chi connectivity index (χ1) is 8.90. The molecular formula is C12H13ClF3NO2. The van der Waals surface area contributed by atoms with Gasteiger partial charge in [0.2, 0.25) is 5.91 Å². The predicted molar refractivity (Wildman–Crippen MR) is 66.6 cm³/mol. The topological polar surface area (TPSA) is 38.3 Å². The van der Waals surface area contributed by atoms with E-state index in [1.54, 1.807) is 24.3 Å². The van der Waals surface area contributed by atoms with Gasteiger partial charge in [-0.1, -0.05) is 0 Å². The normalized spacial score (nSPS) is 11.2. The molecule has 0 saturated carbocycles. The maximum absolute atomic E-state index is 11.9. The number of alkyl halides is 4. The molecule has 0 spiro atoms. The van der Waals surface area contributed by atoms with Crippen LogP contribution in [-0.4, -0.2) is 24.6 Å². The first-order valence-corrected chi connectivity index (χ1v) is 6.09. The van der Waals surface area contributed by atoms with Gasteiger partial charge in [0.05, 0.1) is 6.61 Å². The molecule has 0 radical (unpaired) electrons. The Morgan fingerprint density at radius 2 is 1.89 bits per heavy atom. The number of carbonyl (C=O) groups is 1. The highest BCUT2D eigenvalue weighted by Gasteiger charge is 2.26. The lowest BCUT2D eigenvalue weighted by atomic mass is 10.3. The summed E-state index contributed by atoms with van der Waals surface area (Å²) in [6.45, 7) is -0.00705. The smallest absolute Gasteiger partial charge is 0.389 e. The summed E-state index contributed by atoms with van der Waals surface area (Å²) in [6.07, 6.45) is -5.11. The number of halogens is 4. The average molecular weight is 296 g/mol. The van der Waals surface area contributed by atoms with Gasteiger partial charge in [0.25, 0.3) is 0 Å². The van der Waals surface area contributed by atoms with E-state index in [0.717, 1.165) is 0 Å². The van der Waals surface area contributed by atoms with Crippen molar-refractivity contribution >= 4 is 23.2 Å². The molecule has 0 fully saturated rings. The van der Waals surface area contributed by atoms with Crippen molar-refractivity contribution in [1.29, 1.82) is 0 Å². The number of amides is 1. The second-order valence-electron chi connectivity index (χ2n) is 3.77. The molecule has 0 aliphatic carbocycles. The minimum absolute atomic E-state index is 0.00705. The number of hydrogen-bond donors (Lipinski definition) is 1. The zero-order chi connectivity index (χ0) is 14.3. The van der Waals surface area contributed by atoms with Crippen LogP contribution in [0.5, 0.6) is 5.75 Å². The van der Waals surface area contributed by atoms with E-state index >= 15 is 0 Å². The van der Waals surface area contributed by atoms with Crippen LogP contribution < -0.4 is 10.1 Å². The number of anilines is 1. The fourth-order valence-corrected chi connectivity index (χ4v) is 1.36. The van der Waals surface area contributed by atoms with Gasteiger partial charge < -0.3 is 10.1 Å². The van der Waals surface area contributed by atoms with E-state index < -0.39 is 12.6 Å².